The number of anilines is 1. The first-order valence-electron chi connectivity index (χ1n) is 11.7. The summed E-state index contributed by atoms with van der Waals surface area (Å²) in [5.74, 6) is 1.05. The molecule has 4 atom stereocenters. The largest absolute Gasteiger partial charge is 0.333 e. The van der Waals surface area contributed by atoms with E-state index in [0.717, 1.165) is 50.6 Å². The van der Waals surface area contributed by atoms with E-state index < -0.39 is 9.84 Å². The van der Waals surface area contributed by atoms with Crippen molar-refractivity contribution in [1.82, 2.24) is 9.80 Å². The Balaban J connectivity index is 1.50. The molecule has 1 saturated heterocycles. The van der Waals surface area contributed by atoms with Crippen molar-refractivity contribution >= 4 is 38.8 Å². The van der Waals surface area contributed by atoms with Crippen LogP contribution in [0.4, 0.5) is 10.5 Å². The fraction of sp³-hybridized carbons (Fsp3) is 0.739. The summed E-state index contributed by atoms with van der Waals surface area (Å²) in [7, 11) is -2.97. The number of urea groups is 1. The Morgan fingerprint density at radius 3 is 2.34 bits per heavy atom. The number of hydrogen-bond acceptors (Lipinski definition) is 5. The monoisotopic (exact) mass is 481 g/mol. The van der Waals surface area contributed by atoms with E-state index >= 15 is 0 Å². The zero-order valence-electron chi connectivity index (χ0n) is 19.2. The van der Waals surface area contributed by atoms with Gasteiger partial charge >= 0.3 is 6.03 Å². The number of nitrogens with zero attached hydrogens (tertiary/aromatic N) is 2. The maximum absolute atomic E-state index is 13.2. The number of hydrogen-bond donors (Lipinski definition) is 1. The third kappa shape index (κ3) is 4.83. The highest BCUT2D eigenvalue weighted by molar-refractivity contribution is 7.91. The fourth-order valence-corrected chi connectivity index (χ4v) is 8.10. The molecule has 2 saturated carbocycles. The molecule has 178 valence electrons. The molecule has 32 heavy (non-hydrogen) atoms. The van der Waals surface area contributed by atoms with Gasteiger partial charge in [-0.15, -0.1) is 0 Å². The number of carbonyl (C=O) groups excluding carboxylic acids is 2. The Bertz CT molecular complexity index is 925. The van der Waals surface area contributed by atoms with Gasteiger partial charge in [-0.3, -0.25) is 4.79 Å². The smallest absolute Gasteiger partial charge is 0.322 e. The average Bonchev–Trinajstić information content (AvgIpc) is 3.25. The maximum atomic E-state index is 13.2. The van der Waals surface area contributed by atoms with Gasteiger partial charge < -0.3 is 15.1 Å². The highest BCUT2D eigenvalue weighted by Crippen LogP contribution is 2.43. The van der Waals surface area contributed by atoms with E-state index in [4.69, 9.17) is 0 Å². The average molecular weight is 482 g/mol. The van der Waals surface area contributed by atoms with Gasteiger partial charge in [0.25, 0.3) is 0 Å². The number of amides is 3. The van der Waals surface area contributed by atoms with Crippen molar-refractivity contribution in [1.29, 1.82) is 0 Å². The lowest BCUT2D eigenvalue weighted by Gasteiger charge is -2.54. The van der Waals surface area contributed by atoms with Crippen LogP contribution in [0.2, 0.25) is 0 Å². The van der Waals surface area contributed by atoms with E-state index in [2.05, 4.69) is 5.32 Å². The van der Waals surface area contributed by atoms with Crippen LogP contribution in [0.1, 0.15) is 58.8 Å². The van der Waals surface area contributed by atoms with Crippen molar-refractivity contribution in [2.24, 2.45) is 11.8 Å². The van der Waals surface area contributed by atoms with Crippen molar-refractivity contribution < 1.29 is 18.0 Å². The van der Waals surface area contributed by atoms with E-state index in [1.807, 2.05) is 33.6 Å². The molecule has 0 radical (unpaired) electrons. The van der Waals surface area contributed by atoms with Crippen molar-refractivity contribution in [2.75, 3.05) is 18.1 Å². The van der Waals surface area contributed by atoms with E-state index in [9.17, 15) is 18.0 Å². The van der Waals surface area contributed by atoms with Crippen LogP contribution in [0.5, 0.6) is 0 Å². The second kappa shape index (κ2) is 9.33. The summed E-state index contributed by atoms with van der Waals surface area (Å²) in [6.45, 7) is 4.19. The van der Waals surface area contributed by atoms with Crippen molar-refractivity contribution in [2.45, 2.75) is 82.2 Å². The second-order valence-corrected chi connectivity index (χ2v) is 13.0. The lowest BCUT2D eigenvalue weighted by atomic mass is 9.69. The van der Waals surface area contributed by atoms with Gasteiger partial charge in [-0.05, 0) is 75.2 Å². The van der Waals surface area contributed by atoms with E-state index in [0.29, 0.717) is 18.4 Å². The first-order valence-corrected chi connectivity index (χ1v) is 14.6. The number of carbonyl (C=O) groups is 2. The van der Waals surface area contributed by atoms with Gasteiger partial charge in [-0.2, -0.15) is 11.3 Å². The first kappa shape index (κ1) is 23.5. The number of rotatable bonds is 3. The molecule has 0 bridgehead atoms. The van der Waals surface area contributed by atoms with Gasteiger partial charge in [0, 0.05) is 31.1 Å². The first-order chi connectivity index (χ1) is 15.1. The zero-order chi connectivity index (χ0) is 23.0. The third-order valence-electron chi connectivity index (χ3n) is 7.90. The van der Waals surface area contributed by atoms with Gasteiger partial charge in [0.05, 0.1) is 23.0 Å². The molecule has 3 fully saturated rings. The Hall–Kier alpha value is -1.61. The van der Waals surface area contributed by atoms with Crippen LogP contribution in [0, 0.1) is 11.8 Å². The molecule has 1 aromatic rings. The third-order valence-corrected chi connectivity index (χ3v) is 10.3. The van der Waals surface area contributed by atoms with Gasteiger partial charge in [-0.1, -0.05) is 0 Å². The van der Waals surface area contributed by atoms with Crippen LogP contribution in [-0.2, 0) is 14.6 Å². The van der Waals surface area contributed by atoms with Crippen LogP contribution < -0.4 is 5.32 Å². The van der Waals surface area contributed by atoms with Crippen molar-refractivity contribution in [3.05, 3.63) is 16.8 Å². The second-order valence-electron chi connectivity index (χ2n) is 9.94. The Labute approximate surface area is 195 Å². The van der Waals surface area contributed by atoms with E-state index in [1.54, 1.807) is 18.3 Å². The number of sulfone groups is 1. The Kier molecular flexibility index (Phi) is 6.86. The standard InChI is InChI=1S/C23H35N3O4S2/c1-15-13-25(23(28)24-19-10-11-31-14-19)22-12-18(6-9-21(22)26(15)16(2)27)17-4-7-20(8-5-17)32(3,29)30/h10-11,14-15,17-18,20-22H,4-9,12-13H2,1-3H3,(H,24,28)/t15-,17?,18?,20?,21?,22?/m0/s1. The summed E-state index contributed by atoms with van der Waals surface area (Å²) in [5.41, 5.74) is 0.810. The highest BCUT2D eigenvalue weighted by atomic mass is 32.2. The number of piperazine rings is 1. The van der Waals surface area contributed by atoms with Gasteiger partial charge in [-0.25, -0.2) is 13.2 Å². The van der Waals surface area contributed by atoms with Crippen LogP contribution in [0.15, 0.2) is 16.8 Å². The molecule has 1 aliphatic heterocycles. The summed E-state index contributed by atoms with van der Waals surface area (Å²) in [4.78, 5) is 29.6. The molecule has 2 heterocycles. The highest BCUT2D eigenvalue weighted by Gasteiger charge is 2.47. The van der Waals surface area contributed by atoms with Crippen LogP contribution in [-0.4, -0.2) is 66.3 Å². The van der Waals surface area contributed by atoms with E-state index in [-0.39, 0.29) is 35.3 Å². The molecular formula is C23H35N3O4S2. The number of fused-ring (bicyclic) bond motifs is 1. The lowest BCUT2D eigenvalue weighted by Crippen LogP contribution is -2.67. The molecule has 3 aliphatic rings. The fourth-order valence-electron chi connectivity index (χ4n) is 6.38. The molecule has 3 unspecified atom stereocenters. The molecule has 3 amide bonds. The van der Waals surface area contributed by atoms with Crippen LogP contribution >= 0.6 is 11.3 Å². The lowest BCUT2D eigenvalue weighted by molar-refractivity contribution is -0.141. The Morgan fingerprint density at radius 1 is 1.06 bits per heavy atom. The molecule has 4 rings (SSSR count). The molecular weight excluding hydrogens is 446 g/mol. The summed E-state index contributed by atoms with van der Waals surface area (Å²) < 4.78 is 23.9. The Morgan fingerprint density at radius 2 is 1.75 bits per heavy atom. The summed E-state index contributed by atoms with van der Waals surface area (Å²) in [6, 6.07) is 1.85. The summed E-state index contributed by atoms with van der Waals surface area (Å²) >= 11 is 1.55. The number of thiophene rings is 1. The van der Waals surface area contributed by atoms with Gasteiger partial charge in [0.2, 0.25) is 5.91 Å². The normalized spacial score (nSPS) is 33.5. The molecule has 1 aromatic heterocycles. The summed E-state index contributed by atoms with van der Waals surface area (Å²) in [6.07, 6.45) is 7.53. The molecule has 2 aliphatic carbocycles. The van der Waals surface area contributed by atoms with E-state index in [1.165, 1.54) is 6.26 Å². The summed E-state index contributed by atoms with van der Waals surface area (Å²) in [5, 5.41) is 6.70. The predicted octanol–water partition coefficient (Wildman–Crippen LogP) is 3.97. The zero-order valence-corrected chi connectivity index (χ0v) is 20.8. The minimum absolute atomic E-state index is 0.000108. The minimum Gasteiger partial charge on any atom is -0.333 e. The topological polar surface area (TPSA) is 86.8 Å². The van der Waals surface area contributed by atoms with Crippen molar-refractivity contribution in [3.8, 4) is 0 Å². The molecule has 0 aromatic carbocycles. The van der Waals surface area contributed by atoms with Crippen molar-refractivity contribution in [3.63, 3.8) is 0 Å². The van der Waals surface area contributed by atoms with Gasteiger partial charge in [0.15, 0.2) is 0 Å². The molecule has 0 spiro atoms. The SMILES string of the molecule is CC(=O)N1C2CCC(C3CCC(S(C)(=O)=O)CC3)CC2N(C(=O)Nc2ccsc2)C[C@@H]1C. The molecule has 7 nitrogen and oxygen atoms in total. The molecule has 9 heteroatoms. The number of nitrogens with one attached hydrogen (secondary N) is 1. The van der Waals surface area contributed by atoms with Gasteiger partial charge in [0.1, 0.15) is 9.84 Å². The molecule has 1 N–H and O–H groups in total. The predicted molar refractivity (Wildman–Crippen MR) is 128 cm³/mol. The van der Waals surface area contributed by atoms with Crippen LogP contribution in [0.3, 0.4) is 0 Å². The quantitative estimate of drug-likeness (QED) is 0.708. The van der Waals surface area contributed by atoms with Crippen LogP contribution in [0.25, 0.3) is 0 Å². The maximum Gasteiger partial charge on any atom is 0.322 e. The minimum atomic E-state index is -2.97.